The molecule has 4 rings (SSSR count). The molecule has 0 unspecified atom stereocenters. The number of amides is 2. The standard InChI is InChI=1S/C21H25N9O4/c1-20(2,3)34-19(32)28-12-21(13-28,6-7-22)29-10-14(9-24-29)17-23-8-5-15-25-18(27-30(15)17)26-16(31)11-33-4/h5,8-10H,6,11-13H2,1-4H3,(H,26,27,31). The molecule has 1 fully saturated rings. The molecule has 4 heterocycles. The molecule has 0 saturated carbocycles. The van der Waals surface area contributed by atoms with Gasteiger partial charge in [-0.2, -0.15) is 19.9 Å². The minimum Gasteiger partial charge on any atom is -0.444 e. The molecule has 2 amide bonds. The summed E-state index contributed by atoms with van der Waals surface area (Å²) in [6.07, 6.45) is 4.70. The van der Waals surface area contributed by atoms with Gasteiger partial charge in [0, 0.05) is 25.6 Å². The average Bonchev–Trinajstić information content (AvgIpc) is 3.35. The van der Waals surface area contributed by atoms with Gasteiger partial charge in [0.2, 0.25) is 5.95 Å². The fraction of sp³-hybridized carbons (Fsp3) is 0.476. The molecule has 1 saturated heterocycles. The highest BCUT2D eigenvalue weighted by Gasteiger charge is 2.48. The molecular weight excluding hydrogens is 442 g/mol. The van der Waals surface area contributed by atoms with E-state index in [4.69, 9.17) is 9.47 Å². The molecule has 1 aliphatic rings. The van der Waals surface area contributed by atoms with Crippen molar-refractivity contribution in [3.63, 3.8) is 0 Å². The van der Waals surface area contributed by atoms with Gasteiger partial charge >= 0.3 is 6.09 Å². The SMILES string of the molecule is COCC(=O)Nc1nc2ccnc(-c3cnn(C4(CC#N)CN(C(=O)OC(C)(C)C)C4)c3)n2n1. The van der Waals surface area contributed by atoms with E-state index in [-0.39, 0.29) is 24.9 Å². The van der Waals surface area contributed by atoms with Crippen LogP contribution in [0.3, 0.4) is 0 Å². The van der Waals surface area contributed by atoms with Crippen LogP contribution >= 0.6 is 0 Å². The lowest BCUT2D eigenvalue weighted by molar-refractivity contribution is -0.119. The first-order chi connectivity index (χ1) is 16.1. The highest BCUT2D eigenvalue weighted by molar-refractivity contribution is 5.90. The molecular formula is C21H25N9O4. The number of anilines is 1. The first-order valence-electron chi connectivity index (χ1n) is 10.6. The van der Waals surface area contributed by atoms with E-state index in [2.05, 4.69) is 31.6 Å². The summed E-state index contributed by atoms with van der Waals surface area (Å²) in [5, 5.41) is 20.8. The van der Waals surface area contributed by atoms with Crippen molar-refractivity contribution >= 4 is 23.6 Å². The van der Waals surface area contributed by atoms with Gasteiger partial charge in [-0.15, -0.1) is 5.10 Å². The number of nitrogens with zero attached hydrogens (tertiary/aromatic N) is 8. The van der Waals surface area contributed by atoms with Crippen LogP contribution in [0.4, 0.5) is 10.7 Å². The summed E-state index contributed by atoms with van der Waals surface area (Å²) in [5.74, 6) is 0.203. The van der Waals surface area contributed by atoms with Gasteiger partial charge in [-0.25, -0.2) is 9.78 Å². The topological polar surface area (TPSA) is 153 Å². The van der Waals surface area contributed by atoms with E-state index in [1.54, 1.807) is 55.0 Å². The molecule has 1 N–H and O–H groups in total. The summed E-state index contributed by atoms with van der Waals surface area (Å²) in [5.41, 5.74) is -0.150. The predicted molar refractivity (Wildman–Crippen MR) is 119 cm³/mol. The molecule has 1 aliphatic heterocycles. The predicted octanol–water partition coefficient (Wildman–Crippen LogP) is 1.43. The molecule has 3 aromatic rings. The summed E-state index contributed by atoms with van der Waals surface area (Å²) in [6.45, 7) is 5.90. The fourth-order valence-electron chi connectivity index (χ4n) is 3.66. The number of aromatic nitrogens is 6. The van der Waals surface area contributed by atoms with E-state index in [1.165, 1.54) is 11.6 Å². The van der Waals surface area contributed by atoms with Crippen LogP contribution < -0.4 is 5.32 Å². The summed E-state index contributed by atoms with van der Waals surface area (Å²) >= 11 is 0. The minimum absolute atomic E-state index is 0.116. The Bertz CT molecular complexity index is 1260. The molecule has 0 spiro atoms. The first-order valence-corrected chi connectivity index (χ1v) is 10.6. The zero-order valence-corrected chi connectivity index (χ0v) is 19.3. The van der Waals surface area contributed by atoms with E-state index in [1.807, 2.05) is 0 Å². The summed E-state index contributed by atoms with van der Waals surface area (Å²) in [4.78, 5) is 34.4. The van der Waals surface area contributed by atoms with Gasteiger partial charge in [0.15, 0.2) is 11.5 Å². The van der Waals surface area contributed by atoms with Crippen LogP contribution in [0.25, 0.3) is 17.0 Å². The molecule has 13 heteroatoms. The number of hydrogen-bond donors (Lipinski definition) is 1. The van der Waals surface area contributed by atoms with Crippen molar-refractivity contribution in [1.82, 2.24) is 34.3 Å². The fourth-order valence-corrected chi connectivity index (χ4v) is 3.66. The Kier molecular flexibility index (Phi) is 5.92. The van der Waals surface area contributed by atoms with Crippen LogP contribution in [0.1, 0.15) is 27.2 Å². The second-order valence-electron chi connectivity index (χ2n) is 9.02. The molecule has 34 heavy (non-hydrogen) atoms. The summed E-state index contributed by atoms with van der Waals surface area (Å²) < 4.78 is 13.4. The number of ether oxygens (including phenoxy) is 2. The third-order valence-corrected chi connectivity index (χ3v) is 5.14. The number of hydrogen-bond acceptors (Lipinski definition) is 9. The van der Waals surface area contributed by atoms with Crippen molar-refractivity contribution < 1.29 is 19.1 Å². The number of nitrogens with one attached hydrogen (secondary N) is 1. The highest BCUT2D eigenvalue weighted by Crippen LogP contribution is 2.34. The van der Waals surface area contributed by atoms with Gasteiger partial charge in [-0.05, 0) is 20.8 Å². The molecule has 0 bridgehead atoms. The summed E-state index contributed by atoms with van der Waals surface area (Å²) in [7, 11) is 1.42. The Morgan fingerprint density at radius 2 is 2.09 bits per heavy atom. The second kappa shape index (κ2) is 8.71. The van der Waals surface area contributed by atoms with E-state index < -0.39 is 17.2 Å². The average molecular weight is 467 g/mol. The molecule has 0 radical (unpaired) electrons. The van der Waals surface area contributed by atoms with Gasteiger partial charge in [-0.1, -0.05) is 0 Å². The van der Waals surface area contributed by atoms with Gasteiger partial charge < -0.3 is 14.4 Å². The van der Waals surface area contributed by atoms with Crippen molar-refractivity contribution in [1.29, 1.82) is 5.26 Å². The Hall–Kier alpha value is -4.05. The maximum atomic E-state index is 12.4. The normalized spacial score (nSPS) is 15.0. The quantitative estimate of drug-likeness (QED) is 0.567. The van der Waals surface area contributed by atoms with Gasteiger partial charge in [0.25, 0.3) is 5.91 Å². The van der Waals surface area contributed by atoms with Crippen molar-refractivity contribution in [2.45, 2.75) is 38.3 Å². The number of carbonyl (C=O) groups is 2. The van der Waals surface area contributed by atoms with Crippen molar-refractivity contribution in [2.24, 2.45) is 0 Å². The number of carbonyl (C=O) groups excluding carboxylic acids is 2. The van der Waals surface area contributed by atoms with Crippen LogP contribution in [-0.4, -0.2) is 78.7 Å². The maximum absolute atomic E-state index is 12.4. The van der Waals surface area contributed by atoms with Crippen LogP contribution in [0.15, 0.2) is 24.7 Å². The van der Waals surface area contributed by atoms with Crippen molar-refractivity contribution in [3.05, 3.63) is 24.7 Å². The first kappa shape index (κ1) is 23.1. The van der Waals surface area contributed by atoms with E-state index >= 15 is 0 Å². The third-order valence-electron chi connectivity index (χ3n) is 5.14. The molecule has 0 atom stereocenters. The van der Waals surface area contributed by atoms with Crippen LogP contribution in [0.2, 0.25) is 0 Å². The molecule has 0 aromatic carbocycles. The smallest absolute Gasteiger partial charge is 0.410 e. The Labute approximate surface area is 195 Å². The number of rotatable bonds is 6. The molecule has 178 valence electrons. The van der Waals surface area contributed by atoms with Gasteiger partial charge in [0.1, 0.15) is 17.7 Å². The zero-order valence-electron chi connectivity index (χ0n) is 19.3. The van der Waals surface area contributed by atoms with Crippen LogP contribution in [0.5, 0.6) is 0 Å². The monoisotopic (exact) mass is 467 g/mol. The minimum atomic E-state index is -0.667. The number of likely N-dealkylation sites (tertiary alicyclic amines) is 1. The largest absolute Gasteiger partial charge is 0.444 e. The Morgan fingerprint density at radius 3 is 2.76 bits per heavy atom. The third kappa shape index (κ3) is 4.53. The van der Waals surface area contributed by atoms with E-state index in [9.17, 15) is 14.9 Å². The van der Waals surface area contributed by atoms with Gasteiger partial charge in [-0.3, -0.25) is 14.8 Å². The number of fused-ring (bicyclic) bond motifs is 1. The van der Waals surface area contributed by atoms with E-state index in [0.717, 1.165) is 0 Å². The van der Waals surface area contributed by atoms with Gasteiger partial charge in [0.05, 0.1) is 37.3 Å². The van der Waals surface area contributed by atoms with Crippen molar-refractivity contribution in [2.75, 3.05) is 32.1 Å². The zero-order chi connectivity index (χ0) is 24.5. The summed E-state index contributed by atoms with van der Waals surface area (Å²) in [6, 6.07) is 3.86. The lowest BCUT2D eigenvalue weighted by Crippen LogP contribution is -2.64. The lowest BCUT2D eigenvalue weighted by Gasteiger charge is -2.48. The van der Waals surface area contributed by atoms with Crippen LogP contribution in [0, 0.1) is 11.3 Å². The number of nitriles is 1. The maximum Gasteiger partial charge on any atom is 0.410 e. The molecule has 3 aromatic heterocycles. The van der Waals surface area contributed by atoms with E-state index in [0.29, 0.717) is 30.1 Å². The highest BCUT2D eigenvalue weighted by atomic mass is 16.6. The number of methoxy groups -OCH3 is 1. The Balaban J connectivity index is 1.58. The molecule has 0 aliphatic carbocycles. The Morgan fingerprint density at radius 1 is 1.32 bits per heavy atom. The van der Waals surface area contributed by atoms with Crippen LogP contribution in [-0.2, 0) is 19.8 Å². The second-order valence-corrected chi connectivity index (χ2v) is 9.02. The molecule has 13 nitrogen and oxygen atoms in total. The van der Waals surface area contributed by atoms with Crippen molar-refractivity contribution in [3.8, 4) is 17.5 Å². The lowest BCUT2D eigenvalue weighted by atomic mass is 9.87.